The summed E-state index contributed by atoms with van der Waals surface area (Å²) < 4.78 is 18.6. The third-order valence-electron chi connectivity index (χ3n) is 7.21. The normalized spacial score (nSPS) is 14.8. The number of carbonyl (C=O) groups is 1. The van der Waals surface area contributed by atoms with Gasteiger partial charge in [-0.25, -0.2) is 0 Å². The molecule has 39 heavy (non-hydrogen) atoms. The molecule has 2 heterocycles. The Hall–Kier alpha value is -3.43. The number of methoxy groups -OCH3 is 1. The molecule has 1 saturated heterocycles. The molecule has 1 N–H and O–H groups in total. The number of amides is 1. The zero-order valence-corrected chi connectivity index (χ0v) is 22.5. The van der Waals surface area contributed by atoms with Gasteiger partial charge in [-0.3, -0.25) is 9.69 Å². The summed E-state index contributed by atoms with van der Waals surface area (Å²) in [5, 5.41) is 13.6. The summed E-state index contributed by atoms with van der Waals surface area (Å²) in [6, 6.07) is 24.5. The minimum atomic E-state index is -0.560. The second-order valence-corrected chi connectivity index (χ2v) is 9.95. The number of hydrogen-bond donors (Lipinski definition) is 1. The highest BCUT2D eigenvalue weighted by Crippen LogP contribution is 2.29. The highest BCUT2D eigenvalue weighted by molar-refractivity contribution is 6.07. The van der Waals surface area contributed by atoms with E-state index in [-0.39, 0.29) is 12.5 Å². The number of carbonyl (C=O) groups excluding carboxylic acids is 1. The highest BCUT2D eigenvalue weighted by atomic mass is 16.5. The molecule has 0 saturated carbocycles. The molecule has 1 fully saturated rings. The van der Waals surface area contributed by atoms with Crippen LogP contribution in [0, 0.1) is 0 Å². The average Bonchev–Trinajstić information content (AvgIpc) is 3.29. The molecule has 0 spiro atoms. The minimum absolute atomic E-state index is 0.0221. The van der Waals surface area contributed by atoms with Crippen molar-refractivity contribution in [3.63, 3.8) is 0 Å². The zero-order valence-electron chi connectivity index (χ0n) is 22.5. The first-order valence-corrected chi connectivity index (χ1v) is 13.5. The topological polar surface area (TPSA) is 76.4 Å². The molecule has 0 unspecified atom stereocenters. The number of hydrogen-bond acceptors (Lipinski definition) is 6. The van der Waals surface area contributed by atoms with Gasteiger partial charge in [0.2, 0.25) is 0 Å². The van der Waals surface area contributed by atoms with Crippen molar-refractivity contribution >= 4 is 27.7 Å². The van der Waals surface area contributed by atoms with Crippen molar-refractivity contribution in [3.8, 4) is 5.75 Å². The summed E-state index contributed by atoms with van der Waals surface area (Å²) in [4.78, 5) is 16.3. The first-order chi connectivity index (χ1) is 19.1. The van der Waals surface area contributed by atoms with E-state index in [1.54, 1.807) is 12.0 Å². The van der Waals surface area contributed by atoms with Crippen LogP contribution in [0.5, 0.6) is 5.75 Å². The lowest BCUT2D eigenvalue weighted by molar-refractivity contribution is -0.137. The molecule has 0 bridgehead atoms. The van der Waals surface area contributed by atoms with Gasteiger partial charge in [-0.15, -0.1) is 0 Å². The molecule has 1 atom stereocenters. The van der Waals surface area contributed by atoms with Gasteiger partial charge in [-0.05, 0) is 29.8 Å². The van der Waals surface area contributed by atoms with Crippen LogP contribution in [-0.2, 0) is 27.4 Å². The van der Waals surface area contributed by atoms with Crippen LogP contribution in [0.2, 0.25) is 0 Å². The monoisotopic (exact) mass is 531 g/mol. The first kappa shape index (κ1) is 27.1. The van der Waals surface area contributed by atoms with Gasteiger partial charge in [-0.2, -0.15) is 0 Å². The maximum absolute atomic E-state index is 12.3. The summed E-state index contributed by atoms with van der Waals surface area (Å²) in [5.74, 6) is 0.639. The quantitative estimate of drug-likeness (QED) is 0.301. The van der Waals surface area contributed by atoms with Crippen molar-refractivity contribution in [2.75, 3.05) is 59.7 Å². The predicted octanol–water partition coefficient (Wildman–Crippen LogP) is 3.54. The molecule has 4 aromatic rings. The van der Waals surface area contributed by atoms with Crippen molar-refractivity contribution < 1.29 is 24.1 Å². The second-order valence-electron chi connectivity index (χ2n) is 9.95. The van der Waals surface area contributed by atoms with E-state index in [0.29, 0.717) is 64.8 Å². The van der Waals surface area contributed by atoms with Gasteiger partial charge in [0.1, 0.15) is 5.75 Å². The number of ether oxygens (including phenoxy) is 3. The summed E-state index contributed by atoms with van der Waals surface area (Å²) in [6.45, 7) is 5.36. The van der Waals surface area contributed by atoms with E-state index in [9.17, 15) is 9.90 Å². The summed E-state index contributed by atoms with van der Waals surface area (Å²) >= 11 is 0. The van der Waals surface area contributed by atoms with E-state index in [1.165, 1.54) is 10.8 Å². The molecule has 206 valence electrons. The van der Waals surface area contributed by atoms with E-state index >= 15 is 0 Å². The van der Waals surface area contributed by atoms with E-state index in [2.05, 4.69) is 45.9 Å². The number of nitrogens with zero attached hydrogens (tertiary/aromatic N) is 3. The van der Waals surface area contributed by atoms with Crippen LogP contribution in [0.3, 0.4) is 0 Å². The summed E-state index contributed by atoms with van der Waals surface area (Å²) in [5.41, 5.74) is 3.36. The largest absolute Gasteiger partial charge is 0.484 e. The molecular weight excluding hydrogens is 494 g/mol. The van der Waals surface area contributed by atoms with E-state index in [1.807, 2.05) is 36.4 Å². The fourth-order valence-electron chi connectivity index (χ4n) is 5.22. The second kappa shape index (κ2) is 13.1. The third kappa shape index (κ3) is 6.78. The number of aliphatic hydroxyl groups is 1. The first-order valence-electron chi connectivity index (χ1n) is 13.5. The van der Waals surface area contributed by atoms with Crippen molar-refractivity contribution in [1.29, 1.82) is 0 Å². The number of aromatic nitrogens is 1. The van der Waals surface area contributed by atoms with Crippen LogP contribution in [0.25, 0.3) is 21.8 Å². The molecule has 1 aromatic heterocycles. The highest BCUT2D eigenvalue weighted by Gasteiger charge is 2.18. The predicted molar refractivity (Wildman–Crippen MR) is 152 cm³/mol. The van der Waals surface area contributed by atoms with Crippen molar-refractivity contribution in [2.45, 2.75) is 19.2 Å². The third-order valence-corrected chi connectivity index (χ3v) is 7.21. The number of benzene rings is 3. The van der Waals surface area contributed by atoms with Crippen LogP contribution in [0.4, 0.5) is 0 Å². The van der Waals surface area contributed by atoms with Crippen LogP contribution in [0.15, 0.2) is 72.8 Å². The molecule has 8 nitrogen and oxygen atoms in total. The van der Waals surface area contributed by atoms with Crippen molar-refractivity contribution in [3.05, 3.63) is 78.4 Å². The summed E-state index contributed by atoms with van der Waals surface area (Å²) in [6.07, 6.45) is -0.560. The van der Waals surface area contributed by atoms with E-state index in [4.69, 9.17) is 14.2 Å². The molecule has 0 aliphatic carbocycles. The van der Waals surface area contributed by atoms with Gasteiger partial charge >= 0.3 is 0 Å². The Morgan fingerprint density at radius 1 is 0.974 bits per heavy atom. The maximum Gasteiger partial charge on any atom is 0.260 e. The Morgan fingerprint density at radius 3 is 2.26 bits per heavy atom. The maximum atomic E-state index is 12.3. The standard InChI is InChI=1S/C31H37N3O5/c1-37-17-14-32(20-24-10-12-26(13-11-24)39-23-31(36)33-15-18-38-19-16-33)21-25(35)22-34-29-8-4-2-6-27(29)28-7-3-5-9-30(28)34/h2-13,25,35H,14-23H2,1H3/t25-/m0/s1. The molecule has 8 heteroatoms. The average molecular weight is 532 g/mol. The summed E-state index contributed by atoms with van der Waals surface area (Å²) in [7, 11) is 1.69. The smallest absolute Gasteiger partial charge is 0.260 e. The fraction of sp³-hybridized carbons (Fsp3) is 0.387. The molecule has 1 amide bonds. The Bertz CT molecular complexity index is 1310. The Balaban J connectivity index is 1.21. The lowest BCUT2D eigenvalue weighted by Gasteiger charge is -2.26. The van der Waals surface area contributed by atoms with E-state index in [0.717, 1.165) is 16.6 Å². The van der Waals surface area contributed by atoms with Gasteiger partial charge in [0.25, 0.3) is 5.91 Å². The van der Waals surface area contributed by atoms with Crippen LogP contribution < -0.4 is 4.74 Å². The zero-order chi connectivity index (χ0) is 27.0. The Morgan fingerprint density at radius 2 is 1.62 bits per heavy atom. The number of rotatable bonds is 12. The van der Waals surface area contributed by atoms with Gasteiger partial charge < -0.3 is 28.8 Å². The van der Waals surface area contributed by atoms with Gasteiger partial charge in [0.05, 0.1) is 32.5 Å². The van der Waals surface area contributed by atoms with E-state index < -0.39 is 6.10 Å². The van der Waals surface area contributed by atoms with Gasteiger partial charge in [-0.1, -0.05) is 48.5 Å². The molecule has 1 aliphatic heterocycles. The molecule has 1 aliphatic rings. The van der Waals surface area contributed by atoms with Crippen molar-refractivity contribution in [1.82, 2.24) is 14.4 Å². The van der Waals surface area contributed by atoms with Crippen molar-refractivity contribution in [2.24, 2.45) is 0 Å². The number of fused-ring (bicyclic) bond motifs is 3. The minimum Gasteiger partial charge on any atom is -0.484 e. The van der Waals surface area contributed by atoms with Crippen LogP contribution >= 0.6 is 0 Å². The fourth-order valence-corrected chi connectivity index (χ4v) is 5.22. The van der Waals surface area contributed by atoms with Crippen LogP contribution in [0.1, 0.15) is 5.56 Å². The van der Waals surface area contributed by atoms with Gasteiger partial charge in [0.15, 0.2) is 6.61 Å². The van der Waals surface area contributed by atoms with Crippen LogP contribution in [-0.4, -0.2) is 91.2 Å². The number of morpholine rings is 1. The molecule has 3 aromatic carbocycles. The molecule has 5 rings (SSSR count). The van der Waals surface area contributed by atoms with Gasteiger partial charge in [0, 0.05) is 61.6 Å². The lowest BCUT2D eigenvalue weighted by Crippen LogP contribution is -2.42. The Labute approximate surface area is 229 Å². The number of para-hydroxylation sites is 2. The molecule has 0 radical (unpaired) electrons. The number of aliphatic hydroxyl groups excluding tert-OH is 1. The lowest BCUT2D eigenvalue weighted by atomic mass is 10.2. The molecular formula is C31H37N3O5. The Kier molecular flexibility index (Phi) is 9.11. The SMILES string of the molecule is COCCN(Cc1ccc(OCC(=O)N2CCOCC2)cc1)C[C@H](O)Cn1c2ccccc2c2ccccc21.